The van der Waals surface area contributed by atoms with Gasteiger partial charge in [0.1, 0.15) is 0 Å². The molecule has 0 fully saturated rings. The second-order valence-electron chi connectivity index (χ2n) is 3.77. The highest BCUT2D eigenvalue weighted by atomic mass is 14.8. The Morgan fingerprint density at radius 1 is 1.35 bits per heavy atom. The summed E-state index contributed by atoms with van der Waals surface area (Å²) in [5.74, 6) is 0. The van der Waals surface area contributed by atoms with Crippen molar-refractivity contribution < 1.29 is 0 Å². The summed E-state index contributed by atoms with van der Waals surface area (Å²) in [6.07, 6.45) is 7.65. The van der Waals surface area contributed by atoms with Gasteiger partial charge in [0.15, 0.2) is 0 Å². The highest BCUT2D eigenvalue weighted by molar-refractivity contribution is 5.97. The largest absolute Gasteiger partial charge is 0.255 e. The second kappa shape index (κ2) is 6.59. The molecule has 0 N–H and O–H groups in total. The van der Waals surface area contributed by atoms with Crippen LogP contribution < -0.4 is 0 Å². The summed E-state index contributed by atoms with van der Waals surface area (Å²) in [6, 6.07) is 5.80. The summed E-state index contributed by atoms with van der Waals surface area (Å²) >= 11 is 0. The van der Waals surface area contributed by atoms with E-state index in [0.29, 0.717) is 0 Å². The van der Waals surface area contributed by atoms with E-state index in [0.717, 1.165) is 22.7 Å². The van der Waals surface area contributed by atoms with E-state index < -0.39 is 0 Å². The minimum atomic E-state index is 0.881. The molecule has 0 amide bonds. The highest BCUT2D eigenvalue weighted by Gasteiger charge is 2.00. The average Bonchev–Trinajstić information content (AvgIpc) is 2.35. The van der Waals surface area contributed by atoms with Gasteiger partial charge in [0.05, 0.1) is 17.1 Å². The number of pyridine rings is 1. The number of nitrogens with zero attached hydrogens (tertiary/aromatic N) is 2. The number of rotatable bonds is 4. The molecule has 0 aliphatic heterocycles. The van der Waals surface area contributed by atoms with Crippen molar-refractivity contribution in [2.75, 3.05) is 0 Å². The van der Waals surface area contributed by atoms with Crippen LogP contribution >= 0.6 is 0 Å². The first-order valence-corrected chi connectivity index (χ1v) is 5.60. The fourth-order valence-corrected chi connectivity index (χ4v) is 1.28. The topological polar surface area (TPSA) is 25.2 Å². The quantitative estimate of drug-likeness (QED) is 0.564. The van der Waals surface area contributed by atoms with Crippen LogP contribution in [0.1, 0.15) is 26.5 Å². The van der Waals surface area contributed by atoms with E-state index in [-0.39, 0.29) is 0 Å². The van der Waals surface area contributed by atoms with E-state index in [2.05, 4.69) is 16.6 Å². The number of aromatic nitrogens is 1. The molecule has 0 aliphatic rings. The van der Waals surface area contributed by atoms with Gasteiger partial charge in [-0.1, -0.05) is 24.8 Å². The van der Waals surface area contributed by atoms with Crippen LogP contribution in [-0.4, -0.2) is 10.7 Å². The zero-order chi connectivity index (χ0) is 12.7. The molecule has 0 aliphatic carbocycles. The van der Waals surface area contributed by atoms with Crippen molar-refractivity contribution >= 4 is 5.71 Å². The van der Waals surface area contributed by atoms with Crippen molar-refractivity contribution in [2.45, 2.75) is 20.8 Å². The fraction of sp³-hybridized carbons (Fsp3) is 0.200. The van der Waals surface area contributed by atoms with Crippen molar-refractivity contribution in [3.8, 4) is 0 Å². The molecule has 2 nitrogen and oxygen atoms in total. The molecule has 2 heteroatoms. The van der Waals surface area contributed by atoms with E-state index in [1.807, 2.05) is 57.2 Å². The molecule has 0 bridgehead atoms. The zero-order valence-corrected chi connectivity index (χ0v) is 10.6. The van der Waals surface area contributed by atoms with Gasteiger partial charge in [-0.2, -0.15) is 0 Å². The molecule has 1 heterocycles. The lowest BCUT2D eigenvalue weighted by Crippen LogP contribution is -1.98. The number of aliphatic imine (C=N–C) groups is 1. The molecule has 0 saturated carbocycles. The molecule has 0 radical (unpaired) electrons. The van der Waals surface area contributed by atoms with Crippen molar-refractivity contribution in [3.63, 3.8) is 0 Å². The molecule has 88 valence electrons. The Morgan fingerprint density at radius 3 is 2.65 bits per heavy atom. The Bertz CT molecular complexity index is 465. The normalized spacial score (nSPS) is 13.1. The highest BCUT2D eigenvalue weighted by Crippen LogP contribution is 2.11. The number of hydrogen-bond acceptors (Lipinski definition) is 2. The predicted octanol–water partition coefficient (Wildman–Crippen LogP) is 3.93. The molecule has 1 rings (SSSR count). The van der Waals surface area contributed by atoms with Crippen molar-refractivity contribution in [1.29, 1.82) is 0 Å². The van der Waals surface area contributed by atoms with Gasteiger partial charge in [-0.15, -0.1) is 0 Å². The first-order chi connectivity index (χ1) is 8.15. The van der Waals surface area contributed by atoms with Gasteiger partial charge in [-0.25, -0.2) is 0 Å². The second-order valence-corrected chi connectivity index (χ2v) is 3.77. The van der Waals surface area contributed by atoms with Crippen LogP contribution in [0, 0.1) is 0 Å². The van der Waals surface area contributed by atoms with Gasteiger partial charge >= 0.3 is 0 Å². The zero-order valence-electron chi connectivity index (χ0n) is 10.6. The minimum absolute atomic E-state index is 0.881. The summed E-state index contributed by atoms with van der Waals surface area (Å²) in [6.45, 7) is 9.80. The van der Waals surface area contributed by atoms with Crippen LogP contribution in [0.3, 0.4) is 0 Å². The molecule has 17 heavy (non-hydrogen) atoms. The van der Waals surface area contributed by atoms with Gasteiger partial charge in [0.2, 0.25) is 0 Å². The van der Waals surface area contributed by atoms with Crippen LogP contribution in [0.4, 0.5) is 0 Å². The van der Waals surface area contributed by atoms with Crippen LogP contribution in [0.2, 0.25) is 0 Å². The van der Waals surface area contributed by atoms with Crippen LogP contribution in [0.25, 0.3) is 0 Å². The maximum Gasteiger partial charge on any atom is 0.0841 e. The first kappa shape index (κ1) is 13.1. The summed E-state index contributed by atoms with van der Waals surface area (Å²) < 4.78 is 0. The van der Waals surface area contributed by atoms with Gasteiger partial charge in [0.25, 0.3) is 0 Å². The van der Waals surface area contributed by atoms with Gasteiger partial charge in [-0.05, 0) is 44.6 Å². The van der Waals surface area contributed by atoms with Crippen LogP contribution in [0.15, 0.2) is 65.5 Å². The lowest BCUT2D eigenvalue weighted by Gasteiger charge is -2.03. The third-order valence-corrected chi connectivity index (χ3v) is 2.21. The molecule has 0 unspecified atom stereocenters. The summed E-state index contributed by atoms with van der Waals surface area (Å²) in [5, 5.41) is 0. The van der Waals surface area contributed by atoms with E-state index in [9.17, 15) is 0 Å². The van der Waals surface area contributed by atoms with Crippen LogP contribution in [0.5, 0.6) is 0 Å². The Morgan fingerprint density at radius 2 is 2.12 bits per heavy atom. The number of hydrogen-bond donors (Lipinski definition) is 0. The monoisotopic (exact) mass is 226 g/mol. The number of allylic oxidation sites excluding steroid dienone is 4. The molecular formula is C15H18N2. The molecule has 0 saturated heterocycles. The van der Waals surface area contributed by atoms with E-state index in [1.165, 1.54) is 0 Å². The maximum absolute atomic E-state index is 4.55. The molecular weight excluding hydrogens is 208 g/mol. The van der Waals surface area contributed by atoms with Crippen molar-refractivity contribution in [2.24, 2.45) is 4.99 Å². The third kappa shape index (κ3) is 4.19. The van der Waals surface area contributed by atoms with Gasteiger partial charge < -0.3 is 0 Å². The lowest BCUT2D eigenvalue weighted by atomic mass is 10.2. The predicted molar refractivity (Wildman–Crippen MR) is 74.2 cm³/mol. The Hall–Kier alpha value is -1.96. The van der Waals surface area contributed by atoms with Gasteiger partial charge in [-0.3, -0.25) is 9.98 Å². The standard InChI is InChI=1S/C15H18N2/c1-5-6-9-14(12(2)3)17-13(4)15-10-7-8-11-16-15/h5-11H,2H2,1,3-4H3/b6-5-,14-9+,17-13?. The first-order valence-electron chi connectivity index (χ1n) is 5.60. The van der Waals surface area contributed by atoms with E-state index in [1.54, 1.807) is 6.20 Å². The Labute approximate surface area is 103 Å². The molecule has 0 atom stereocenters. The van der Waals surface area contributed by atoms with E-state index >= 15 is 0 Å². The average molecular weight is 226 g/mol. The van der Waals surface area contributed by atoms with Crippen molar-refractivity contribution in [1.82, 2.24) is 4.98 Å². The summed E-state index contributed by atoms with van der Waals surface area (Å²) in [5.41, 5.74) is 3.61. The smallest absolute Gasteiger partial charge is 0.0841 e. The van der Waals surface area contributed by atoms with E-state index in [4.69, 9.17) is 0 Å². The molecule has 1 aromatic rings. The summed E-state index contributed by atoms with van der Waals surface area (Å²) in [4.78, 5) is 8.81. The Balaban J connectivity index is 3.04. The third-order valence-electron chi connectivity index (χ3n) is 2.21. The molecule has 0 spiro atoms. The SMILES string of the molecule is C=C(C)/C(=C\C=C/C)N=C(C)c1ccccn1. The minimum Gasteiger partial charge on any atom is -0.255 e. The maximum atomic E-state index is 4.55. The van der Waals surface area contributed by atoms with Gasteiger partial charge in [0, 0.05) is 6.20 Å². The van der Waals surface area contributed by atoms with Crippen LogP contribution in [-0.2, 0) is 0 Å². The van der Waals surface area contributed by atoms with Crippen molar-refractivity contribution in [3.05, 3.63) is 66.2 Å². The summed E-state index contributed by atoms with van der Waals surface area (Å²) in [7, 11) is 0. The fourth-order valence-electron chi connectivity index (χ4n) is 1.28. The molecule has 0 aromatic carbocycles. The Kier molecular flexibility index (Phi) is 5.08. The molecule has 1 aromatic heterocycles. The lowest BCUT2D eigenvalue weighted by molar-refractivity contribution is 1.24.